The number of nitrogens with one attached hydrogen (secondary N) is 1. The fourth-order valence-corrected chi connectivity index (χ4v) is 3.64. The number of esters is 1. The molecule has 0 aliphatic heterocycles. The number of nitrogens with two attached hydrogens (primary N) is 1. The Hall–Kier alpha value is -1.36. The summed E-state index contributed by atoms with van der Waals surface area (Å²) in [6.45, 7) is 0.863. The zero-order valence-electron chi connectivity index (χ0n) is 12.1. The van der Waals surface area contributed by atoms with Crippen molar-refractivity contribution in [2.45, 2.75) is 30.4 Å². The van der Waals surface area contributed by atoms with Crippen LogP contribution >= 0.6 is 11.8 Å². The van der Waals surface area contributed by atoms with Gasteiger partial charge in [0.25, 0.3) is 0 Å². The summed E-state index contributed by atoms with van der Waals surface area (Å²) in [5, 5.41) is 3.41. The van der Waals surface area contributed by atoms with Gasteiger partial charge in [0.2, 0.25) is 0 Å². The first kappa shape index (κ1) is 15.0. The van der Waals surface area contributed by atoms with Gasteiger partial charge < -0.3 is 15.8 Å². The predicted octanol–water partition coefficient (Wildman–Crippen LogP) is 3.14. The van der Waals surface area contributed by atoms with Crippen molar-refractivity contribution in [1.82, 2.24) is 0 Å². The van der Waals surface area contributed by atoms with E-state index in [0.29, 0.717) is 11.3 Å². The zero-order chi connectivity index (χ0) is 14.6. The molecule has 5 heteroatoms. The highest BCUT2D eigenvalue weighted by molar-refractivity contribution is 8.00. The molecule has 0 saturated heterocycles. The maximum Gasteiger partial charge on any atom is 0.340 e. The van der Waals surface area contributed by atoms with Gasteiger partial charge in [-0.2, -0.15) is 11.8 Å². The van der Waals surface area contributed by atoms with E-state index in [1.54, 1.807) is 12.1 Å². The Morgan fingerprint density at radius 1 is 1.45 bits per heavy atom. The SMILES string of the molecule is COC(=O)c1cc(N)ccc1NCC1(SC)CCCC1. The molecule has 0 radical (unpaired) electrons. The lowest BCUT2D eigenvalue weighted by Gasteiger charge is -2.28. The van der Waals surface area contributed by atoms with E-state index in [-0.39, 0.29) is 10.7 Å². The van der Waals surface area contributed by atoms with Crippen molar-refractivity contribution in [2.24, 2.45) is 0 Å². The second-order valence-electron chi connectivity index (χ2n) is 5.24. The van der Waals surface area contributed by atoms with Crippen LogP contribution in [0.1, 0.15) is 36.0 Å². The van der Waals surface area contributed by atoms with Gasteiger partial charge >= 0.3 is 5.97 Å². The molecule has 0 bridgehead atoms. The summed E-state index contributed by atoms with van der Waals surface area (Å²) in [5.41, 5.74) is 7.62. The van der Waals surface area contributed by atoms with Crippen molar-refractivity contribution in [1.29, 1.82) is 0 Å². The Kier molecular flexibility index (Phi) is 4.81. The number of methoxy groups -OCH3 is 1. The Bertz CT molecular complexity index is 485. The van der Waals surface area contributed by atoms with Gasteiger partial charge in [0.1, 0.15) is 0 Å². The number of ether oxygens (including phenoxy) is 1. The third-order valence-corrected chi connectivity index (χ3v) is 5.42. The molecule has 3 N–H and O–H groups in total. The lowest BCUT2D eigenvalue weighted by atomic mass is 10.1. The Balaban J connectivity index is 2.14. The van der Waals surface area contributed by atoms with Crippen molar-refractivity contribution < 1.29 is 9.53 Å². The van der Waals surface area contributed by atoms with Gasteiger partial charge in [-0.05, 0) is 37.3 Å². The highest BCUT2D eigenvalue weighted by Gasteiger charge is 2.32. The van der Waals surface area contributed by atoms with E-state index in [1.807, 2.05) is 17.8 Å². The number of carbonyl (C=O) groups is 1. The van der Waals surface area contributed by atoms with Crippen LogP contribution < -0.4 is 11.1 Å². The van der Waals surface area contributed by atoms with E-state index in [2.05, 4.69) is 11.6 Å². The number of benzene rings is 1. The predicted molar refractivity (Wildman–Crippen MR) is 85.4 cm³/mol. The van der Waals surface area contributed by atoms with E-state index in [9.17, 15) is 4.79 Å². The molecule has 1 fully saturated rings. The van der Waals surface area contributed by atoms with Gasteiger partial charge in [-0.15, -0.1) is 0 Å². The number of nitrogen functional groups attached to an aromatic ring is 1. The van der Waals surface area contributed by atoms with Crippen molar-refractivity contribution in [3.63, 3.8) is 0 Å². The average molecular weight is 294 g/mol. The van der Waals surface area contributed by atoms with E-state index in [4.69, 9.17) is 10.5 Å². The van der Waals surface area contributed by atoms with Crippen LogP contribution in [0.5, 0.6) is 0 Å². The molecular formula is C15H22N2O2S. The maximum absolute atomic E-state index is 11.8. The molecule has 1 aromatic carbocycles. The first-order valence-electron chi connectivity index (χ1n) is 6.87. The van der Waals surface area contributed by atoms with Crippen molar-refractivity contribution >= 4 is 29.1 Å². The monoisotopic (exact) mass is 294 g/mol. The van der Waals surface area contributed by atoms with Crippen LogP contribution in [0, 0.1) is 0 Å². The third kappa shape index (κ3) is 3.20. The van der Waals surface area contributed by atoms with E-state index in [0.717, 1.165) is 12.2 Å². The molecule has 0 unspecified atom stereocenters. The molecule has 20 heavy (non-hydrogen) atoms. The first-order chi connectivity index (χ1) is 9.60. The van der Waals surface area contributed by atoms with Crippen LogP contribution in [0.25, 0.3) is 0 Å². The van der Waals surface area contributed by atoms with Gasteiger partial charge in [0.15, 0.2) is 0 Å². The molecule has 0 atom stereocenters. The summed E-state index contributed by atoms with van der Waals surface area (Å²) >= 11 is 1.92. The molecular weight excluding hydrogens is 272 g/mol. The zero-order valence-corrected chi connectivity index (χ0v) is 12.9. The number of rotatable bonds is 5. The molecule has 1 saturated carbocycles. The van der Waals surface area contributed by atoms with Gasteiger partial charge in [-0.3, -0.25) is 0 Å². The lowest BCUT2D eigenvalue weighted by Crippen LogP contribution is -2.30. The summed E-state index contributed by atoms with van der Waals surface area (Å²) in [6, 6.07) is 5.31. The van der Waals surface area contributed by atoms with Gasteiger partial charge in [-0.1, -0.05) is 12.8 Å². The summed E-state index contributed by atoms with van der Waals surface area (Å²) in [4.78, 5) is 11.8. The molecule has 0 spiro atoms. The first-order valence-corrected chi connectivity index (χ1v) is 8.09. The number of anilines is 2. The van der Waals surface area contributed by atoms with Crippen LogP contribution in [-0.4, -0.2) is 30.6 Å². The minimum absolute atomic E-state index is 0.286. The second kappa shape index (κ2) is 6.39. The van der Waals surface area contributed by atoms with Gasteiger partial charge in [0.05, 0.1) is 12.7 Å². The largest absolute Gasteiger partial charge is 0.465 e. The standard InChI is InChI=1S/C15H22N2O2S/c1-19-14(18)12-9-11(16)5-6-13(12)17-10-15(20-2)7-3-4-8-15/h5-6,9,17H,3-4,7-8,10,16H2,1-2H3. The van der Waals surface area contributed by atoms with Gasteiger partial charge in [-0.25, -0.2) is 4.79 Å². The van der Waals surface area contributed by atoms with E-state index in [1.165, 1.54) is 32.8 Å². The van der Waals surface area contributed by atoms with Crippen molar-refractivity contribution in [2.75, 3.05) is 31.0 Å². The summed E-state index contributed by atoms with van der Waals surface area (Å²) in [7, 11) is 1.38. The molecule has 1 aromatic rings. The van der Waals surface area contributed by atoms with Crippen LogP contribution in [0.15, 0.2) is 18.2 Å². The molecule has 0 amide bonds. The van der Waals surface area contributed by atoms with Crippen molar-refractivity contribution in [3.05, 3.63) is 23.8 Å². The molecule has 110 valence electrons. The van der Waals surface area contributed by atoms with Gasteiger partial charge in [0, 0.05) is 22.7 Å². The number of hydrogen-bond donors (Lipinski definition) is 2. The quantitative estimate of drug-likeness (QED) is 0.645. The average Bonchev–Trinajstić information content (AvgIpc) is 2.94. The van der Waals surface area contributed by atoms with Crippen LogP contribution in [0.4, 0.5) is 11.4 Å². The molecule has 1 aliphatic carbocycles. The highest BCUT2D eigenvalue weighted by Crippen LogP contribution is 2.40. The Labute approximate surface area is 124 Å². The lowest BCUT2D eigenvalue weighted by molar-refractivity contribution is 0.0602. The summed E-state index contributed by atoms with van der Waals surface area (Å²) < 4.78 is 5.10. The third-order valence-electron chi connectivity index (χ3n) is 4.00. The highest BCUT2D eigenvalue weighted by atomic mass is 32.2. The maximum atomic E-state index is 11.8. The topological polar surface area (TPSA) is 64.3 Å². The van der Waals surface area contributed by atoms with Crippen LogP contribution in [-0.2, 0) is 4.74 Å². The molecule has 2 rings (SSSR count). The van der Waals surface area contributed by atoms with E-state index >= 15 is 0 Å². The molecule has 1 aliphatic rings. The Morgan fingerprint density at radius 3 is 2.75 bits per heavy atom. The smallest absolute Gasteiger partial charge is 0.340 e. The van der Waals surface area contributed by atoms with Crippen LogP contribution in [0.2, 0.25) is 0 Å². The second-order valence-corrected chi connectivity index (χ2v) is 6.52. The summed E-state index contributed by atoms with van der Waals surface area (Å²) in [5.74, 6) is -0.357. The number of hydrogen-bond acceptors (Lipinski definition) is 5. The fraction of sp³-hybridized carbons (Fsp3) is 0.533. The minimum atomic E-state index is -0.357. The summed E-state index contributed by atoms with van der Waals surface area (Å²) in [6.07, 6.45) is 7.19. The molecule has 4 nitrogen and oxygen atoms in total. The number of carbonyl (C=O) groups excluding carboxylic acids is 1. The van der Waals surface area contributed by atoms with Crippen LogP contribution in [0.3, 0.4) is 0 Å². The fourth-order valence-electron chi connectivity index (χ4n) is 2.72. The minimum Gasteiger partial charge on any atom is -0.465 e. The Morgan fingerprint density at radius 2 is 2.15 bits per heavy atom. The number of thioether (sulfide) groups is 1. The molecule has 0 aromatic heterocycles. The normalized spacial score (nSPS) is 16.9. The molecule has 0 heterocycles. The van der Waals surface area contributed by atoms with E-state index < -0.39 is 0 Å². The van der Waals surface area contributed by atoms with Crippen molar-refractivity contribution in [3.8, 4) is 0 Å².